The zero-order chi connectivity index (χ0) is 10.6. The van der Waals surface area contributed by atoms with Gasteiger partial charge in [0.15, 0.2) is 0 Å². The number of rotatable bonds is 3. The maximum atomic E-state index is 11.0. The summed E-state index contributed by atoms with van der Waals surface area (Å²) in [5, 5.41) is 8.58. The lowest BCUT2D eigenvalue weighted by atomic mass is 10.1. The number of aromatic carboxylic acids is 1. The van der Waals surface area contributed by atoms with E-state index in [0.29, 0.717) is 0 Å². The van der Waals surface area contributed by atoms with E-state index in [1.807, 2.05) is 0 Å². The van der Waals surface area contributed by atoms with Crippen molar-refractivity contribution < 1.29 is 24.5 Å². The van der Waals surface area contributed by atoms with Crippen LogP contribution in [0.25, 0.3) is 0 Å². The third kappa shape index (κ3) is 2.30. The monoisotopic (exact) mass is 196 g/mol. The molecule has 0 amide bonds. The Morgan fingerprint density at radius 1 is 1.14 bits per heavy atom. The molecule has 14 heavy (non-hydrogen) atoms. The average Bonchev–Trinajstić information content (AvgIpc) is 2.18. The lowest BCUT2D eigenvalue weighted by Gasteiger charge is -1.99. The van der Waals surface area contributed by atoms with Crippen LogP contribution in [-0.4, -0.2) is 24.2 Å². The van der Waals surface area contributed by atoms with Gasteiger partial charge in [0.25, 0.3) is 0 Å². The van der Waals surface area contributed by atoms with E-state index in [4.69, 9.17) is 5.11 Å². The van der Waals surface area contributed by atoms with Gasteiger partial charge in [-0.3, -0.25) is 4.89 Å². The van der Waals surface area contributed by atoms with Crippen molar-refractivity contribution in [2.45, 2.75) is 0 Å². The molecule has 0 radical (unpaired) electrons. The highest BCUT2D eigenvalue weighted by atomic mass is 17.2. The number of benzene rings is 1. The Kier molecular flexibility index (Phi) is 3.19. The van der Waals surface area contributed by atoms with E-state index < -0.39 is 11.9 Å². The van der Waals surface area contributed by atoms with Crippen LogP contribution in [0.5, 0.6) is 0 Å². The van der Waals surface area contributed by atoms with Crippen LogP contribution in [0, 0.1) is 0 Å². The van der Waals surface area contributed by atoms with Gasteiger partial charge >= 0.3 is 11.9 Å². The molecule has 0 saturated carbocycles. The summed E-state index contributed by atoms with van der Waals surface area (Å²) in [6, 6.07) is 5.33. The molecule has 1 N–H and O–H groups in total. The first-order valence-corrected chi connectivity index (χ1v) is 3.73. The maximum Gasteiger partial charge on any atom is 0.373 e. The lowest BCUT2D eigenvalue weighted by Crippen LogP contribution is -2.04. The summed E-state index contributed by atoms with van der Waals surface area (Å²) in [5.41, 5.74) is 0.343. The molecule has 5 heteroatoms. The van der Waals surface area contributed by atoms with Crippen LogP contribution in [0.1, 0.15) is 20.7 Å². The van der Waals surface area contributed by atoms with Gasteiger partial charge in [-0.05, 0) is 24.3 Å². The van der Waals surface area contributed by atoms with Gasteiger partial charge in [-0.1, -0.05) is 0 Å². The zero-order valence-corrected chi connectivity index (χ0v) is 7.39. The second-order valence-electron chi connectivity index (χ2n) is 2.42. The quantitative estimate of drug-likeness (QED) is 0.578. The van der Waals surface area contributed by atoms with Gasteiger partial charge in [-0.2, -0.15) is 4.89 Å². The summed E-state index contributed by atoms with van der Waals surface area (Å²) in [5.74, 6) is -1.71. The molecule has 0 saturated heterocycles. The van der Waals surface area contributed by atoms with Crippen LogP contribution >= 0.6 is 0 Å². The zero-order valence-electron chi connectivity index (χ0n) is 7.39. The van der Waals surface area contributed by atoms with Crippen LogP contribution in [0.15, 0.2) is 24.3 Å². The fraction of sp³-hybridized carbons (Fsp3) is 0.111. The van der Waals surface area contributed by atoms with E-state index in [1.165, 1.54) is 31.4 Å². The van der Waals surface area contributed by atoms with Gasteiger partial charge in [-0.15, -0.1) is 0 Å². The van der Waals surface area contributed by atoms with Gasteiger partial charge < -0.3 is 5.11 Å². The number of hydrogen-bond acceptors (Lipinski definition) is 4. The summed E-state index contributed by atoms with van der Waals surface area (Å²) in [6.07, 6.45) is 0. The molecule has 0 aliphatic rings. The van der Waals surface area contributed by atoms with Crippen LogP contribution in [0.4, 0.5) is 0 Å². The molecular weight excluding hydrogens is 188 g/mol. The molecule has 0 aromatic heterocycles. The van der Waals surface area contributed by atoms with Crippen molar-refractivity contribution in [2.24, 2.45) is 0 Å². The number of carbonyl (C=O) groups excluding carboxylic acids is 1. The minimum Gasteiger partial charge on any atom is -0.478 e. The fourth-order valence-electron chi connectivity index (χ4n) is 0.873. The smallest absolute Gasteiger partial charge is 0.373 e. The van der Waals surface area contributed by atoms with Gasteiger partial charge in [0.05, 0.1) is 18.2 Å². The molecule has 1 aromatic rings. The number of carboxylic acids is 1. The molecule has 0 atom stereocenters. The summed E-state index contributed by atoms with van der Waals surface area (Å²) >= 11 is 0. The van der Waals surface area contributed by atoms with Gasteiger partial charge in [0.2, 0.25) is 0 Å². The summed E-state index contributed by atoms with van der Waals surface area (Å²) in [7, 11) is 1.21. The standard InChI is InChI=1S/C9H8O5/c1-13-14-9(12)7-4-2-6(3-5-7)8(10)11/h2-5H,1H3,(H,10,11). The molecule has 0 aliphatic carbocycles. The highest BCUT2D eigenvalue weighted by Crippen LogP contribution is 2.05. The first-order valence-electron chi connectivity index (χ1n) is 3.73. The highest BCUT2D eigenvalue weighted by Gasteiger charge is 2.08. The average molecular weight is 196 g/mol. The Labute approximate surface area is 79.8 Å². The van der Waals surface area contributed by atoms with E-state index in [0.717, 1.165) is 0 Å². The Morgan fingerprint density at radius 3 is 2.07 bits per heavy atom. The lowest BCUT2D eigenvalue weighted by molar-refractivity contribution is -0.216. The third-order valence-electron chi connectivity index (χ3n) is 1.53. The minimum atomic E-state index is -1.04. The van der Waals surface area contributed by atoms with Crippen molar-refractivity contribution in [3.63, 3.8) is 0 Å². The fourth-order valence-corrected chi connectivity index (χ4v) is 0.873. The summed E-state index contributed by atoms with van der Waals surface area (Å²) < 4.78 is 0. The summed E-state index contributed by atoms with van der Waals surface area (Å²) in [4.78, 5) is 29.9. The highest BCUT2D eigenvalue weighted by molar-refractivity contribution is 5.92. The second kappa shape index (κ2) is 4.38. The van der Waals surface area contributed by atoms with Crippen molar-refractivity contribution in [1.29, 1.82) is 0 Å². The number of carboxylic acid groups (broad SMARTS) is 1. The molecule has 0 spiro atoms. The first-order chi connectivity index (χ1) is 6.65. The molecule has 5 nitrogen and oxygen atoms in total. The van der Waals surface area contributed by atoms with Crippen molar-refractivity contribution in [2.75, 3.05) is 7.11 Å². The molecule has 1 rings (SSSR count). The van der Waals surface area contributed by atoms with E-state index in [2.05, 4.69) is 9.78 Å². The predicted molar refractivity (Wildman–Crippen MR) is 45.8 cm³/mol. The molecule has 0 fully saturated rings. The minimum absolute atomic E-state index is 0.110. The third-order valence-corrected chi connectivity index (χ3v) is 1.53. The molecule has 0 heterocycles. The van der Waals surface area contributed by atoms with Crippen LogP contribution in [0.2, 0.25) is 0 Å². The van der Waals surface area contributed by atoms with Crippen LogP contribution in [-0.2, 0) is 9.78 Å². The van der Waals surface area contributed by atoms with Gasteiger partial charge in [0, 0.05) is 0 Å². The molecule has 0 bridgehead atoms. The predicted octanol–water partition coefficient (Wildman–Crippen LogP) is 1.10. The Balaban J connectivity index is 2.83. The Bertz CT molecular complexity index is 341. The molecule has 0 aliphatic heterocycles. The van der Waals surface area contributed by atoms with E-state index in [-0.39, 0.29) is 11.1 Å². The van der Waals surface area contributed by atoms with Gasteiger partial charge in [-0.25, -0.2) is 9.59 Å². The number of hydrogen-bond donors (Lipinski definition) is 1. The van der Waals surface area contributed by atoms with Gasteiger partial charge in [0.1, 0.15) is 0 Å². The van der Waals surface area contributed by atoms with E-state index in [1.54, 1.807) is 0 Å². The Morgan fingerprint density at radius 2 is 1.64 bits per heavy atom. The summed E-state index contributed by atoms with van der Waals surface area (Å²) in [6.45, 7) is 0. The van der Waals surface area contributed by atoms with Crippen molar-refractivity contribution in [3.05, 3.63) is 35.4 Å². The first kappa shape index (κ1) is 10.2. The normalized spacial score (nSPS) is 9.50. The van der Waals surface area contributed by atoms with Crippen LogP contribution in [0.3, 0.4) is 0 Å². The molecule has 1 aromatic carbocycles. The Hall–Kier alpha value is -1.88. The molecule has 74 valence electrons. The maximum absolute atomic E-state index is 11.0. The molecular formula is C9H8O5. The van der Waals surface area contributed by atoms with Crippen LogP contribution < -0.4 is 0 Å². The molecule has 0 unspecified atom stereocenters. The second-order valence-corrected chi connectivity index (χ2v) is 2.42. The SMILES string of the molecule is COOC(=O)c1ccc(C(=O)O)cc1. The van der Waals surface area contributed by atoms with Crippen molar-refractivity contribution >= 4 is 11.9 Å². The van der Waals surface area contributed by atoms with E-state index in [9.17, 15) is 9.59 Å². The van der Waals surface area contributed by atoms with Crippen molar-refractivity contribution in [1.82, 2.24) is 0 Å². The van der Waals surface area contributed by atoms with Crippen molar-refractivity contribution in [3.8, 4) is 0 Å². The topological polar surface area (TPSA) is 72.8 Å². The van der Waals surface area contributed by atoms with E-state index >= 15 is 0 Å². The number of carbonyl (C=O) groups is 2. The largest absolute Gasteiger partial charge is 0.478 e.